The van der Waals surface area contributed by atoms with Gasteiger partial charge >= 0.3 is 0 Å². The highest BCUT2D eigenvalue weighted by Crippen LogP contribution is 2.35. The van der Waals surface area contributed by atoms with E-state index in [1.54, 1.807) is 0 Å². The normalized spacial score (nSPS) is 37.3. The molecule has 0 aromatic carbocycles. The third kappa shape index (κ3) is 2.97. The highest BCUT2D eigenvalue weighted by Gasteiger charge is 2.43. The van der Waals surface area contributed by atoms with E-state index in [9.17, 15) is 0 Å². The van der Waals surface area contributed by atoms with Crippen molar-refractivity contribution in [2.24, 2.45) is 0 Å². The summed E-state index contributed by atoms with van der Waals surface area (Å²) < 4.78 is 11.7. The lowest BCUT2D eigenvalue weighted by atomic mass is 9.87. The van der Waals surface area contributed by atoms with E-state index in [4.69, 9.17) is 9.47 Å². The zero-order valence-electron chi connectivity index (χ0n) is 12.2. The molecule has 3 aliphatic heterocycles. The molecule has 0 radical (unpaired) electrons. The highest BCUT2D eigenvalue weighted by molar-refractivity contribution is 4.95. The molecule has 3 aliphatic rings. The first-order valence-corrected chi connectivity index (χ1v) is 8.01. The molecule has 3 saturated heterocycles. The van der Waals surface area contributed by atoms with E-state index in [2.05, 4.69) is 17.1 Å². The quantitative estimate of drug-likeness (QED) is 0.839. The van der Waals surface area contributed by atoms with Crippen molar-refractivity contribution in [2.75, 3.05) is 39.5 Å². The van der Waals surface area contributed by atoms with E-state index in [0.717, 1.165) is 32.3 Å². The van der Waals surface area contributed by atoms with Crippen molar-refractivity contribution in [3.63, 3.8) is 0 Å². The SMILES string of the molecule is CCN(C1CCNCC1)C1CCOC2(CCOC2)C1. The van der Waals surface area contributed by atoms with Crippen molar-refractivity contribution in [3.05, 3.63) is 0 Å². The molecule has 0 saturated carbocycles. The third-order valence-electron chi connectivity index (χ3n) is 5.15. The Morgan fingerprint density at radius 3 is 2.68 bits per heavy atom. The van der Waals surface area contributed by atoms with E-state index in [1.165, 1.54) is 45.3 Å². The van der Waals surface area contributed by atoms with Crippen LogP contribution in [0.25, 0.3) is 0 Å². The van der Waals surface area contributed by atoms with Crippen LogP contribution in [-0.4, -0.2) is 62.0 Å². The van der Waals surface area contributed by atoms with Gasteiger partial charge in [-0.1, -0.05) is 6.92 Å². The summed E-state index contributed by atoms with van der Waals surface area (Å²) in [6, 6.07) is 1.47. The average molecular weight is 268 g/mol. The van der Waals surface area contributed by atoms with Gasteiger partial charge < -0.3 is 14.8 Å². The zero-order valence-corrected chi connectivity index (χ0v) is 12.2. The van der Waals surface area contributed by atoms with Crippen molar-refractivity contribution >= 4 is 0 Å². The fraction of sp³-hybridized carbons (Fsp3) is 1.00. The van der Waals surface area contributed by atoms with Crippen LogP contribution in [0, 0.1) is 0 Å². The minimum Gasteiger partial charge on any atom is -0.378 e. The summed E-state index contributed by atoms with van der Waals surface area (Å²) in [5.41, 5.74) is 0.0449. The molecule has 0 aliphatic carbocycles. The van der Waals surface area contributed by atoms with E-state index in [0.29, 0.717) is 6.04 Å². The molecule has 0 bridgehead atoms. The van der Waals surface area contributed by atoms with Crippen LogP contribution in [-0.2, 0) is 9.47 Å². The summed E-state index contributed by atoms with van der Waals surface area (Å²) in [5, 5.41) is 3.47. The largest absolute Gasteiger partial charge is 0.378 e. The molecule has 3 fully saturated rings. The predicted molar refractivity (Wildman–Crippen MR) is 75.4 cm³/mol. The van der Waals surface area contributed by atoms with Crippen molar-refractivity contribution in [2.45, 2.75) is 56.7 Å². The molecule has 0 aromatic heterocycles. The molecule has 2 atom stereocenters. The number of rotatable bonds is 3. The molecule has 0 amide bonds. The minimum absolute atomic E-state index is 0.0449. The van der Waals surface area contributed by atoms with Gasteiger partial charge in [-0.25, -0.2) is 0 Å². The Morgan fingerprint density at radius 1 is 1.16 bits per heavy atom. The molecular formula is C15H28N2O2. The molecule has 110 valence electrons. The van der Waals surface area contributed by atoms with Gasteiger partial charge in [-0.2, -0.15) is 0 Å². The van der Waals surface area contributed by atoms with E-state index < -0.39 is 0 Å². The van der Waals surface area contributed by atoms with Gasteiger partial charge in [-0.15, -0.1) is 0 Å². The Kier molecular flexibility index (Phi) is 4.42. The molecule has 3 rings (SSSR count). The second-order valence-corrected chi connectivity index (χ2v) is 6.29. The maximum Gasteiger partial charge on any atom is 0.0951 e. The first-order valence-electron chi connectivity index (χ1n) is 8.01. The van der Waals surface area contributed by atoms with Crippen molar-refractivity contribution in [1.29, 1.82) is 0 Å². The molecule has 4 heteroatoms. The predicted octanol–water partition coefficient (Wildman–Crippen LogP) is 1.40. The standard InChI is InChI=1S/C15H28N2O2/c1-2-17(13-3-7-16-8-4-13)14-5-9-19-15(11-14)6-10-18-12-15/h13-14,16H,2-12H2,1H3. The van der Waals surface area contributed by atoms with Gasteiger partial charge in [-0.05, 0) is 45.3 Å². The number of hydrogen-bond acceptors (Lipinski definition) is 4. The van der Waals surface area contributed by atoms with Gasteiger partial charge in [-0.3, -0.25) is 4.90 Å². The highest BCUT2D eigenvalue weighted by atomic mass is 16.6. The zero-order chi connectivity index (χ0) is 13.1. The Labute approximate surface area is 116 Å². The average Bonchev–Trinajstić information content (AvgIpc) is 2.89. The van der Waals surface area contributed by atoms with Crippen LogP contribution in [0.4, 0.5) is 0 Å². The van der Waals surface area contributed by atoms with Gasteiger partial charge in [0, 0.05) is 31.7 Å². The van der Waals surface area contributed by atoms with Crippen LogP contribution in [0.2, 0.25) is 0 Å². The molecule has 1 spiro atoms. The molecule has 4 nitrogen and oxygen atoms in total. The molecule has 2 unspecified atom stereocenters. The second kappa shape index (κ2) is 6.08. The van der Waals surface area contributed by atoms with Crippen LogP contribution in [0.3, 0.4) is 0 Å². The fourth-order valence-corrected chi connectivity index (χ4v) is 4.10. The Bertz CT molecular complexity index is 286. The van der Waals surface area contributed by atoms with Crippen molar-refractivity contribution in [1.82, 2.24) is 10.2 Å². The van der Waals surface area contributed by atoms with Crippen LogP contribution >= 0.6 is 0 Å². The number of nitrogens with zero attached hydrogens (tertiary/aromatic N) is 1. The first kappa shape index (κ1) is 13.8. The van der Waals surface area contributed by atoms with E-state index >= 15 is 0 Å². The van der Waals surface area contributed by atoms with Crippen LogP contribution in [0.15, 0.2) is 0 Å². The smallest absolute Gasteiger partial charge is 0.0951 e. The van der Waals surface area contributed by atoms with E-state index in [-0.39, 0.29) is 5.60 Å². The summed E-state index contributed by atoms with van der Waals surface area (Å²) >= 11 is 0. The molecule has 1 N–H and O–H groups in total. The van der Waals surface area contributed by atoms with Crippen LogP contribution < -0.4 is 5.32 Å². The molecule has 3 heterocycles. The Hall–Kier alpha value is -0.160. The van der Waals surface area contributed by atoms with Crippen LogP contribution in [0.1, 0.15) is 39.0 Å². The van der Waals surface area contributed by atoms with E-state index in [1.807, 2.05) is 0 Å². The second-order valence-electron chi connectivity index (χ2n) is 6.29. The van der Waals surface area contributed by atoms with Gasteiger partial charge in [0.1, 0.15) is 0 Å². The summed E-state index contributed by atoms with van der Waals surface area (Å²) in [6.07, 6.45) is 6.06. The maximum atomic E-state index is 6.07. The van der Waals surface area contributed by atoms with Gasteiger partial charge in [0.2, 0.25) is 0 Å². The van der Waals surface area contributed by atoms with Gasteiger partial charge in [0.15, 0.2) is 0 Å². The summed E-state index contributed by atoms with van der Waals surface area (Å²) in [6.45, 7) is 8.45. The summed E-state index contributed by atoms with van der Waals surface area (Å²) in [5.74, 6) is 0. The minimum atomic E-state index is 0.0449. The molecule has 0 aromatic rings. The number of piperidine rings is 1. The monoisotopic (exact) mass is 268 g/mol. The molecule has 19 heavy (non-hydrogen) atoms. The lowest BCUT2D eigenvalue weighted by molar-refractivity contribution is -0.111. The number of nitrogens with one attached hydrogen (secondary N) is 1. The lowest BCUT2D eigenvalue weighted by Crippen LogP contribution is -2.54. The Balaban J connectivity index is 1.64. The lowest BCUT2D eigenvalue weighted by Gasteiger charge is -2.45. The summed E-state index contributed by atoms with van der Waals surface area (Å²) in [7, 11) is 0. The van der Waals surface area contributed by atoms with Crippen molar-refractivity contribution in [3.8, 4) is 0 Å². The molecular weight excluding hydrogens is 240 g/mol. The Morgan fingerprint density at radius 2 is 2.00 bits per heavy atom. The fourth-order valence-electron chi connectivity index (χ4n) is 4.10. The maximum absolute atomic E-state index is 6.07. The van der Waals surface area contributed by atoms with Gasteiger partial charge in [0.05, 0.1) is 12.2 Å². The number of hydrogen-bond donors (Lipinski definition) is 1. The van der Waals surface area contributed by atoms with Gasteiger partial charge in [0.25, 0.3) is 0 Å². The topological polar surface area (TPSA) is 33.7 Å². The first-order chi connectivity index (χ1) is 9.33. The third-order valence-corrected chi connectivity index (χ3v) is 5.15. The van der Waals surface area contributed by atoms with Crippen molar-refractivity contribution < 1.29 is 9.47 Å². The number of ether oxygens (including phenoxy) is 2. The summed E-state index contributed by atoms with van der Waals surface area (Å²) in [4.78, 5) is 2.75. The van der Waals surface area contributed by atoms with Crippen LogP contribution in [0.5, 0.6) is 0 Å².